The third kappa shape index (κ3) is 7.70. The van der Waals surface area contributed by atoms with E-state index in [1.807, 2.05) is 0 Å². The highest BCUT2D eigenvalue weighted by molar-refractivity contribution is 6.06. The summed E-state index contributed by atoms with van der Waals surface area (Å²) in [5.74, 6) is -2.84. The number of carbonyl (C=O) groups excluding carboxylic acids is 4. The van der Waals surface area contributed by atoms with E-state index in [9.17, 15) is 19.2 Å². The van der Waals surface area contributed by atoms with Gasteiger partial charge in [-0.05, 0) is 72.4 Å². The molecule has 0 N–H and O–H groups in total. The molecule has 0 aromatic heterocycles. The summed E-state index contributed by atoms with van der Waals surface area (Å²) < 4.78 is 21.5. The van der Waals surface area contributed by atoms with Crippen molar-refractivity contribution in [1.82, 2.24) is 4.90 Å². The van der Waals surface area contributed by atoms with Crippen molar-refractivity contribution in [3.63, 3.8) is 0 Å². The van der Waals surface area contributed by atoms with Crippen molar-refractivity contribution >= 4 is 24.0 Å². The molecule has 0 spiro atoms. The van der Waals surface area contributed by atoms with E-state index in [1.165, 1.54) is 12.1 Å². The van der Waals surface area contributed by atoms with E-state index >= 15 is 0 Å². The summed E-state index contributed by atoms with van der Waals surface area (Å²) in [6.07, 6.45) is 1.90. The SMILES string of the molecule is CCOC(=O)C(CC[C@@H]1CCCCN1C(=O)OC(C)(C)C)(OC(=O)c1ccccc1)C(=O)OCC. The van der Waals surface area contributed by atoms with Gasteiger partial charge in [-0.3, -0.25) is 0 Å². The molecule has 1 fully saturated rings. The number of nitrogens with zero attached hydrogens (tertiary/aromatic N) is 1. The number of ether oxygens (including phenoxy) is 4. The van der Waals surface area contributed by atoms with Crippen LogP contribution < -0.4 is 0 Å². The molecule has 0 saturated carbocycles. The second-order valence-electron chi connectivity index (χ2n) is 9.39. The van der Waals surface area contributed by atoms with Gasteiger partial charge in [0.1, 0.15) is 5.60 Å². The number of carbonyl (C=O) groups is 4. The maximum absolute atomic E-state index is 13.1. The number of hydrogen-bond donors (Lipinski definition) is 0. The molecular weight excluding hydrogens is 454 g/mol. The maximum Gasteiger partial charge on any atom is 0.410 e. The first-order valence-corrected chi connectivity index (χ1v) is 12.2. The van der Waals surface area contributed by atoms with Crippen LogP contribution in [-0.2, 0) is 28.5 Å². The molecule has 9 heteroatoms. The van der Waals surface area contributed by atoms with Crippen LogP contribution in [0.3, 0.4) is 0 Å². The zero-order valence-corrected chi connectivity index (χ0v) is 21.3. The predicted molar refractivity (Wildman–Crippen MR) is 128 cm³/mol. The average molecular weight is 492 g/mol. The van der Waals surface area contributed by atoms with Crippen molar-refractivity contribution in [3.8, 4) is 0 Å². The summed E-state index contributed by atoms with van der Waals surface area (Å²) in [7, 11) is 0. The first kappa shape index (κ1) is 28.1. The molecule has 0 radical (unpaired) electrons. The third-order valence-corrected chi connectivity index (χ3v) is 5.57. The first-order chi connectivity index (χ1) is 16.5. The van der Waals surface area contributed by atoms with Crippen molar-refractivity contribution in [1.29, 1.82) is 0 Å². The number of hydrogen-bond acceptors (Lipinski definition) is 8. The van der Waals surface area contributed by atoms with Crippen molar-refractivity contribution < 1.29 is 38.1 Å². The molecule has 1 heterocycles. The van der Waals surface area contributed by atoms with Gasteiger partial charge in [0.2, 0.25) is 0 Å². The monoisotopic (exact) mass is 491 g/mol. The number of rotatable bonds is 9. The van der Waals surface area contributed by atoms with Crippen LogP contribution in [0.5, 0.6) is 0 Å². The van der Waals surface area contributed by atoms with Crippen LogP contribution in [0.4, 0.5) is 4.79 Å². The molecular formula is C26H37NO8. The number of amides is 1. The quantitative estimate of drug-likeness (QED) is 0.286. The molecule has 1 aromatic carbocycles. The summed E-state index contributed by atoms with van der Waals surface area (Å²) in [5, 5.41) is 0. The number of piperidine rings is 1. The van der Waals surface area contributed by atoms with E-state index in [4.69, 9.17) is 18.9 Å². The lowest BCUT2D eigenvalue weighted by Crippen LogP contribution is -2.54. The van der Waals surface area contributed by atoms with Crippen LogP contribution in [0, 0.1) is 0 Å². The summed E-state index contributed by atoms with van der Waals surface area (Å²) in [6.45, 7) is 9.02. The van der Waals surface area contributed by atoms with Gasteiger partial charge < -0.3 is 23.8 Å². The smallest absolute Gasteiger partial charge is 0.410 e. The van der Waals surface area contributed by atoms with E-state index < -0.39 is 35.2 Å². The summed E-state index contributed by atoms with van der Waals surface area (Å²) in [4.78, 5) is 53.6. The molecule has 2 rings (SSSR count). The molecule has 1 saturated heterocycles. The Bertz CT molecular complexity index is 859. The van der Waals surface area contributed by atoms with Crippen LogP contribution in [-0.4, -0.2) is 65.9 Å². The Kier molecular flexibility index (Phi) is 10.1. The fraction of sp³-hybridized carbons (Fsp3) is 0.615. The zero-order valence-electron chi connectivity index (χ0n) is 21.3. The molecule has 1 atom stereocenters. The van der Waals surface area contributed by atoms with Crippen molar-refractivity contribution in [2.45, 2.75) is 84.0 Å². The Morgan fingerprint density at radius 1 is 0.914 bits per heavy atom. The molecule has 1 aliphatic heterocycles. The molecule has 0 unspecified atom stereocenters. The van der Waals surface area contributed by atoms with E-state index in [-0.39, 0.29) is 37.7 Å². The molecule has 9 nitrogen and oxygen atoms in total. The Labute approximate surface area is 207 Å². The second-order valence-corrected chi connectivity index (χ2v) is 9.39. The Morgan fingerprint density at radius 3 is 2.06 bits per heavy atom. The van der Waals surface area contributed by atoms with Gasteiger partial charge in [0.25, 0.3) is 0 Å². The fourth-order valence-electron chi connectivity index (χ4n) is 3.94. The van der Waals surface area contributed by atoms with Gasteiger partial charge in [-0.1, -0.05) is 18.2 Å². The zero-order chi connectivity index (χ0) is 26.1. The van der Waals surface area contributed by atoms with E-state index in [0.717, 1.165) is 12.8 Å². The highest BCUT2D eigenvalue weighted by Crippen LogP contribution is 2.30. The molecule has 194 valence electrons. The minimum Gasteiger partial charge on any atom is -0.463 e. The summed E-state index contributed by atoms with van der Waals surface area (Å²) in [6, 6.07) is 7.76. The van der Waals surface area contributed by atoms with Crippen LogP contribution in [0.15, 0.2) is 30.3 Å². The highest BCUT2D eigenvalue weighted by Gasteiger charge is 2.53. The van der Waals surface area contributed by atoms with Gasteiger partial charge >= 0.3 is 29.6 Å². The van der Waals surface area contributed by atoms with E-state index in [0.29, 0.717) is 13.0 Å². The lowest BCUT2D eigenvalue weighted by Gasteiger charge is -2.38. The first-order valence-electron chi connectivity index (χ1n) is 12.2. The largest absolute Gasteiger partial charge is 0.463 e. The highest BCUT2D eigenvalue weighted by atomic mass is 16.6. The lowest BCUT2D eigenvalue weighted by molar-refractivity contribution is -0.185. The molecule has 1 amide bonds. The van der Waals surface area contributed by atoms with Crippen LogP contribution in [0.1, 0.15) is 77.1 Å². The number of likely N-dealkylation sites (tertiary alicyclic amines) is 1. The summed E-state index contributed by atoms with van der Waals surface area (Å²) in [5.41, 5.74) is -2.78. The molecule has 1 aliphatic rings. The number of benzene rings is 1. The van der Waals surface area contributed by atoms with E-state index in [1.54, 1.807) is 57.7 Å². The topological polar surface area (TPSA) is 108 Å². The minimum atomic E-state index is -2.30. The molecule has 35 heavy (non-hydrogen) atoms. The summed E-state index contributed by atoms with van der Waals surface area (Å²) >= 11 is 0. The predicted octanol–water partition coefficient (Wildman–Crippen LogP) is 4.28. The normalized spacial score (nSPS) is 16.3. The number of esters is 3. The van der Waals surface area contributed by atoms with Crippen molar-refractivity contribution in [2.75, 3.05) is 19.8 Å². The average Bonchev–Trinajstić information content (AvgIpc) is 2.81. The van der Waals surface area contributed by atoms with E-state index in [2.05, 4.69) is 0 Å². The molecule has 1 aromatic rings. The van der Waals surface area contributed by atoms with Crippen LogP contribution >= 0.6 is 0 Å². The minimum absolute atomic E-state index is 0.0175. The van der Waals surface area contributed by atoms with Crippen LogP contribution in [0.25, 0.3) is 0 Å². The Morgan fingerprint density at radius 2 is 1.51 bits per heavy atom. The van der Waals surface area contributed by atoms with Gasteiger partial charge in [0.15, 0.2) is 0 Å². The van der Waals surface area contributed by atoms with Crippen molar-refractivity contribution in [2.24, 2.45) is 0 Å². The molecule has 0 aliphatic carbocycles. The Balaban J connectivity index is 2.35. The van der Waals surface area contributed by atoms with Crippen LogP contribution in [0.2, 0.25) is 0 Å². The lowest BCUT2D eigenvalue weighted by atomic mass is 9.90. The molecule has 0 bridgehead atoms. The van der Waals surface area contributed by atoms with Gasteiger partial charge in [0.05, 0.1) is 18.8 Å². The van der Waals surface area contributed by atoms with Crippen molar-refractivity contribution in [3.05, 3.63) is 35.9 Å². The van der Waals surface area contributed by atoms with Gasteiger partial charge in [-0.2, -0.15) is 0 Å². The standard InChI is InChI=1S/C26H37NO8/c1-6-32-22(29)26(23(30)33-7-2,34-21(28)19-13-9-8-10-14-19)17-16-20-15-11-12-18-27(20)24(31)35-25(3,4)5/h8-10,13-14,20H,6-7,11-12,15-18H2,1-5H3/t20-/m0/s1. The Hall–Kier alpha value is -3.10. The maximum atomic E-state index is 13.1. The third-order valence-electron chi connectivity index (χ3n) is 5.57. The second kappa shape index (κ2) is 12.6. The van der Waals surface area contributed by atoms with Gasteiger partial charge in [0, 0.05) is 19.0 Å². The van der Waals surface area contributed by atoms with Gasteiger partial charge in [-0.25, -0.2) is 19.2 Å². The van der Waals surface area contributed by atoms with Gasteiger partial charge in [-0.15, -0.1) is 0 Å². The fourth-order valence-corrected chi connectivity index (χ4v) is 3.94.